The summed E-state index contributed by atoms with van der Waals surface area (Å²) in [6.45, 7) is 10.3. The Morgan fingerprint density at radius 2 is 1.81 bits per heavy atom. The largest absolute Gasteiger partial charge is 0.444 e. The van der Waals surface area contributed by atoms with Gasteiger partial charge in [-0.1, -0.05) is 23.7 Å². The Hall–Kier alpha value is -2.52. The van der Waals surface area contributed by atoms with Gasteiger partial charge in [0.15, 0.2) is 0 Å². The Kier molecular flexibility index (Phi) is 7.04. The van der Waals surface area contributed by atoms with Gasteiger partial charge >= 0.3 is 6.09 Å². The highest BCUT2D eigenvalue weighted by molar-refractivity contribution is 7.99. The van der Waals surface area contributed by atoms with Crippen LogP contribution in [0.4, 0.5) is 10.6 Å². The second-order valence-corrected chi connectivity index (χ2v) is 12.9. The molecule has 2 fully saturated rings. The predicted octanol–water partition coefficient (Wildman–Crippen LogP) is 4.93. The molecule has 10 heteroatoms. The van der Waals surface area contributed by atoms with Crippen LogP contribution in [0.3, 0.4) is 0 Å². The van der Waals surface area contributed by atoms with Crippen molar-refractivity contribution in [1.29, 1.82) is 0 Å². The molecule has 0 radical (unpaired) electrons. The fourth-order valence-corrected chi connectivity index (χ4v) is 6.47. The number of amides is 2. The Morgan fingerprint density at radius 3 is 2.43 bits per heavy atom. The van der Waals surface area contributed by atoms with Crippen molar-refractivity contribution in [2.24, 2.45) is 0 Å². The van der Waals surface area contributed by atoms with Crippen LogP contribution in [0.1, 0.15) is 68.5 Å². The van der Waals surface area contributed by atoms with Crippen molar-refractivity contribution in [3.63, 3.8) is 0 Å². The topological polar surface area (TPSA) is 87.7 Å². The van der Waals surface area contributed by atoms with E-state index in [0.29, 0.717) is 49.3 Å². The van der Waals surface area contributed by atoms with Crippen LogP contribution in [0.5, 0.6) is 0 Å². The summed E-state index contributed by atoms with van der Waals surface area (Å²) in [5, 5.41) is 4.03. The molecule has 2 aromatic rings. The third kappa shape index (κ3) is 5.53. The standard InChI is InChI=1S/C27H34ClN5O3S/c1-17-21-20(15-37-17)29-16-30-23(21)32-11-13-33(14-12-32)24(34)22(18-5-7-19(28)8-6-18)27(9-10-27)31-25(35)36-26(2,3)4/h5-8,16-17,22H,9-15H2,1-4H3,(H,31,35). The molecular weight excluding hydrogens is 510 g/mol. The normalized spacial score (nSPS) is 21.3. The zero-order valence-corrected chi connectivity index (χ0v) is 23.4. The smallest absolute Gasteiger partial charge is 0.408 e. The first-order valence-corrected chi connectivity index (χ1v) is 14.2. The molecule has 1 aliphatic carbocycles. The monoisotopic (exact) mass is 543 g/mol. The van der Waals surface area contributed by atoms with Gasteiger partial charge in [-0.3, -0.25) is 4.79 Å². The predicted molar refractivity (Wildman–Crippen MR) is 146 cm³/mol. The summed E-state index contributed by atoms with van der Waals surface area (Å²) in [4.78, 5) is 40.1. The quantitative estimate of drug-likeness (QED) is 0.572. The van der Waals surface area contributed by atoms with Crippen molar-refractivity contribution in [2.75, 3.05) is 31.1 Å². The number of fused-ring (bicyclic) bond motifs is 1. The Bertz CT molecular complexity index is 1170. The Morgan fingerprint density at radius 1 is 1.14 bits per heavy atom. The summed E-state index contributed by atoms with van der Waals surface area (Å²) in [6.07, 6.45) is 2.59. The van der Waals surface area contributed by atoms with E-state index in [4.69, 9.17) is 16.3 Å². The molecule has 0 spiro atoms. The molecule has 3 heterocycles. The number of piperazine rings is 1. The molecule has 2 unspecified atom stereocenters. The van der Waals surface area contributed by atoms with Gasteiger partial charge in [0.1, 0.15) is 17.7 Å². The minimum absolute atomic E-state index is 0.0207. The maximum Gasteiger partial charge on any atom is 0.408 e. The number of carbonyl (C=O) groups is 2. The summed E-state index contributed by atoms with van der Waals surface area (Å²) in [5.41, 5.74) is 1.92. The average Bonchev–Trinajstić information content (AvgIpc) is 3.51. The first-order chi connectivity index (χ1) is 17.6. The van der Waals surface area contributed by atoms with E-state index in [1.54, 1.807) is 18.5 Å². The highest BCUT2D eigenvalue weighted by Crippen LogP contribution is 2.49. The van der Waals surface area contributed by atoms with Gasteiger partial charge in [-0.05, 0) is 58.2 Å². The maximum absolute atomic E-state index is 14.1. The van der Waals surface area contributed by atoms with Gasteiger partial charge in [-0.2, -0.15) is 0 Å². The van der Waals surface area contributed by atoms with Crippen molar-refractivity contribution in [1.82, 2.24) is 20.2 Å². The van der Waals surface area contributed by atoms with E-state index in [1.165, 1.54) is 5.56 Å². The van der Waals surface area contributed by atoms with Crippen molar-refractivity contribution in [3.8, 4) is 0 Å². The number of anilines is 1. The molecule has 1 saturated heterocycles. The molecule has 1 saturated carbocycles. The number of nitrogens with zero attached hydrogens (tertiary/aromatic N) is 4. The van der Waals surface area contributed by atoms with E-state index in [2.05, 4.69) is 27.1 Å². The SMILES string of the molecule is CC1SCc2ncnc(N3CCN(C(=O)C(c4ccc(Cl)cc4)C4(NC(=O)OC(C)(C)C)CC4)CC3)c21. The fraction of sp³-hybridized carbons (Fsp3) is 0.556. The second kappa shape index (κ2) is 9.98. The van der Waals surface area contributed by atoms with E-state index in [1.807, 2.05) is 49.6 Å². The molecule has 5 rings (SSSR count). The fourth-order valence-electron chi connectivity index (χ4n) is 5.29. The summed E-state index contributed by atoms with van der Waals surface area (Å²) < 4.78 is 5.54. The lowest BCUT2D eigenvalue weighted by Gasteiger charge is -2.39. The number of thioether (sulfide) groups is 1. The lowest BCUT2D eigenvalue weighted by Crippen LogP contribution is -2.54. The highest BCUT2D eigenvalue weighted by Gasteiger charge is 2.55. The lowest BCUT2D eigenvalue weighted by molar-refractivity contribution is -0.134. The van der Waals surface area contributed by atoms with Gasteiger partial charge in [0.2, 0.25) is 5.91 Å². The van der Waals surface area contributed by atoms with Crippen LogP contribution in [-0.2, 0) is 15.3 Å². The van der Waals surface area contributed by atoms with Gasteiger partial charge in [0.25, 0.3) is 0 Å². The number of hydrogen-bond acceptors (Lipinski definition) is 7. The third-order valence-corrected chi connectivity index (χ3v) is 8.68. The van der Waals surface area contributed by atoms with E-state index in [0.717, 1.165) is 22.8 Å². The van der Waals surface area contributed by atoms with Crippen LogP contribution < -0.4 is 10.2 Å². The van der Waals surface area contributed by atoms with Gasteiger partial charge in [0.05, 0.1) is 17.2 Å². The highest BCUT2D eigenvalue weighted by atomic mass is 35.5. The molecule has 0 bridgehead atoms. The van der Waals surface area contributed by atoms with Crippen LogP contribution in [-0.4, -0.2) is 64.2 Å². The molecular formula is C27H34ClN5O3S. The molecule has 3 aliphatic rings. The molecule has 2 aliphatic heterocycles. The minimum atomic E-state index is -0.662. The molecule has 2 atom stereocenters. The number of alkyl carbamates (subject to hydrolysis) is 1. The van der Waals surface area contributed by atoms with Crippen LogP contribution >= 0.6 is 23.4 Å². The van der Waals surface area contributed by atoms with Crippen molar-refractivity contribution in [3.05, 3.63) is 52.4 Å². The zero-order chi connectivity index (χ0) is 26.4. The maximum atomic E-state index is 14.1. The van der Waals surface area contributed by atoms with Crippen molar-refractivity contribution < 1.29 is 14.3 Å². The third-order valence-electron chi connectivity index (χ3n) is 7.25. The molecule has 8 nitrogen and oxygen atoms in total. The number of nitrogens with one attached hydrogen (secondary N) is 1. The number of benzene rings is 1. The van der Waals surface area contributed by atoms with Crippen molar-refractivity contribution in [2.45, 2.75) is 68.6 Å². The first kappa shape index (κ1) is 26.1. The molecule has 1 aromatic carbocycles. The molecule has 2 amide bonds. The van der Waals surface area contributed by atoms with Crippen LogP contribution in [0.15, 0.2) is 30.6 Å². The Balaban J connectivity index is 1.34. The van der Waals surface area contributed by atoms with Crippen LogP contribution in [0, 0.1) is 0 Å². The average molecular weight is 544 g/mol. The lowest BCUT2D eigenvalue weighted by atomic mass is 9.87. The van der Waals surface area contributed by atoms with Gasteiger partial charge in [-0.15, -0.1) is 11.8 Å². The number of ether oxygens (including phenoxy) is 1. The zero-order valence-electron chi connectivity index (χ0n) is 21.8. The number of halogens is 1. The first-order valence-electron chi connectivity index (χ1n) is 12.8. The van der Waals surface area contributed by atoms with E-state index < -0.39 is 23.2 Å². The summed E-state index contributed by atoms with van der Waals surface area (Å²) in [7, 11) is 0. The summed E-state index contributed by atoms with van der Waals surface area (Å²) in [6, 6.07) is 7.38. The van der Waals surface area contributed by atoms with Gasteiger partial charge in [-0.25, -0.2) is 14.8 Å². The Labute approximate surface area is 227 Å². The summed E-state index contributed by atoms with van der Waals surface area (Å²) in [5.74, 6) is 1.42. The van der Waals surface area contributed by atoms with Gasteiger partial charge < -0.3 is 19.9 Å². The van der Waals surface area contributed by atoms with Crippen molar-refractivity contribution >= 4 is 41.2 Å². The van der Waals surface area contributed by atoms with Gasteiger partial charge in [0, 0.05) is 47.8 Å². The van der Waals surface area contributed by atoms with Crippen LogP contribution in [0.2, 0.25) is 5.02 Å². The molecule has 37 heavy (non-hydrogen) atoms. The molecule has 198 valence electrons. The minimum Gasteiger partial charge on any atom is -0.444 e. The van der Waals surface area contributed by atoms with E-state index in [9.17, 15) is 9.59 Å². The van der Waals surface area contributed by atoms with Crippen LogP contribution in [0.25, 0.3) is 0 Å². The second-order valence-electron chi connectivity index (χ2n) is 11.1. The number of hydrogen-bond donors (Lipinski definition) is 1. The molecule has 1 aromatic heterocycles. The van der Waals surface area contributed by atoms with E-state index >= 15 is 0 Å². The summed E-state index contributed by atoms with van der Waals surface area (Å²) >= 11 is 8.04. The number of carbonyl (C=O) groups excluding carboxylic acids is 2. The molecule has 1 N–H and O–H groups in total. The van der Waals surface area contributed by atoms with E-state index in [-0.39, 0.29) is 5.91 Å². The number of aromatic nitrogens is 2. The number of rotatable bonds is 5.